The first-order valence-electron chi connectivity index (χ1n) is 7.72. The molecule has 2 aromatic heterocycles. The Morgan fingerprint density at radius 3 is 2.76 bits per heavy atom. The predicted molar refractivity (Wildman–Crippen MR) is 95.6 cm³/mol. The van der Waals surface area contributed by atoms with Crippen molar-refractivity contribution in [2.45, 2.75) is 0 Å². The summed E-state index contributed by atoms with van der Waals surface area (Å²) in [6.45, 7) is 0.249. The zero-order valence-corrected chi connectivity index (χ0v) is 13.8. The fourth-order valence-corrected chi connectivity index (χ4v) is 3.39. The summed E-state index contributed by atoms with van der Waals surface area (Å²) in [5.74, 6) is 2.15. The average Bonchev–Trinajstić information content (AvgIpc) is 3.35. The van der Waals surface area contributed by atoms with E-state index in [1.807, 2.05) is 48.6 Å². The molecule has 6 nitrogen and oxygen atoms in total. The third-order valence-electron chi connectivity index (χ3n) is 3.86. The monoisotopic (exact) mass is 348 g/mol. The van der Waals surface area contributed by atoms with Crippen molar-refractivity contribution in [1.29, 1.82) is 0 Å². The molecule has 5 rings (SSSR count). The summed E-state index contributed by atoms with van der Waals surface area (Å²) in [6, 6.07) is 15.8. The van der Waals surface area contributed by atoms with Gasteiger partial charge in [0.25, 0.3) is 0 Å². The van der Waals surface area contributed by atoms with E-state index < -0.39 is 0 Å². The summed E-state index contributed by atoms with van der Waals surface area (Å²) in [5.41, 5.74) is 2.02. The lowest BCUT2D eigenvalue weighted by Gasteiger charge is -1.99. The van der Waals surface area contributed by atoms with Crippen molar-refractivity contribution >= 4 is 28.4 Å². The van der Waals surface area contributed by atoms with Crippen LogP contribution in [0.3, 0.4) is 0 Å². The van der Waals surface area contributed by atoms with E-state index in [9.17, 15) is 0 Å². The molecule has 3 heterocycles. The number of rotatable bonds is 3. The highest BCUT2D eigenvalue weighted by atomic mass is 32.1. The molecule has 1 aliphatic heterocycles. The van der Waals surface area contributed by atoms with Gasteiger partial charge in [0.05, 0.1) is 0 Å². The van der Waals surface area contributed by atoms with Gasteiger partial charge in [0.2, 0.25) is 11.8 Å². The van der Waals surface area contributed by atoms with Crippen LogP contribution in [0.2, 0.25) is 0 Å². The van der Waals surface area contributed by atoms with Crippen molar-refractivity contribution in [3.8, 4) is 22.9 Å². The van der Waals surface area contributed by atoms with Gasteiger partial charge in [-0.2, -0.15) is 9.61 Å². The standard InChI is InChI=1S/C18H12N4O2S/c1-2-4-12(5-3-1)6-9-16-21-22-17(19-20-18(22)25-16)13-7-8-14-15(10-13)24-11-23-14/h1-10H,11H2. The van der Waals surface area contributed by atoms with Gasteiger partial charge in [-0.15, -0.1) is 10.2 Å². The average molecular weight is 348 g/mol. The fourth-order valence-electron chi connectivity index (χ4n) is 2.65. The maximum atomic E-state index is 5.43. The Morgan fingerprint density at radius 2 is 1.84 bits per heavy atom. The maximum Gasteiger partial charge on any atom is 0.235 e. The predicted octanol–water partition coefficient (Wildman–Crippen LogP) is 3.75. The molecule has 0 unspecified atom stereocenters. The summed E-state index contributed by atoms with van der Waals surface area (Å²) in [5, 5.41) is 14.0. The van der Waals surface area contributed by atoms with Crippen LogP contribution in [0.5, 0.6) is 11.5 Å². The van der Waals surface area contributed by atoms with Crippen molar-refractivity contribution in [2.75, 3.05) is 6.79 Å². The van der Waals surface area contributed by atoms with Crippen LogP contribution in [0.25, 0.3) is 28.5 Å². The lowest BCUT2D eigenvalue weighted by molar-refractivity contribution is 0.174. The molecule has 0 aliphatic carbocycles. The van der Waals surface area contributed by atoms with Crippen LogP contribution < -0.4 is 9.47 Å². The van der Waals surface area contributed by atoms with Gasteiger partial charge in [0, 0.05) is 5.56 Å². The molecule has 4 aromatic rings. The molecule has 0 saturated carbocycles. The number of fused-ring (bicyclic) bond motifs is 2. The van der Waals surface area contributed by atoms with E-state index in [4.69, 9.17) is 9.47 Å². The molecule has 0 saturated heterocycles. The van der Waals surface area contributed by atoms with Crippen LogP contribution in [0.15, 0.2) is 48.5 Å². The van der Waals surface area contributed by atoms with Crippen LogP contribution in [-0.2, 0) is 0 Å². The van der Waals surface area contributed by atoms with E-state index in [2.05, 4.69) is 27.4 Å². The van der Waals surface area contributed by atoms with Gasteiger partial charge < -0.3 is 9.47 Å². The molecule has 0 amide bonds. The van der Waals surface area contributed by atoms with Gasteiger partial charge in [0.1, 0.15) is 5.01 Å². The minimum atomic E-state index is 0.249. The number of benzene rings is 2. The summed E-state index contributed by atoms with van der Waals surface area (Å²) in [4.78, 5) is 0.750. The molecule has 7 heteroatoms. The van der Waals surface area contributed by atoms with Crippen LogP contribution in [0, 0.1) is 0 Å². The first-order chi connectivity index (χ1) is 12.4. The number of hydrogen-bond donors (Lipinski definition) is 0. The van der Waals surface area contributed by atoms with Gasteiger partial charge in [-0.05, 0) is 29.8 Å². The van der Waals surface area contributed by atoms with Crippen molar-refractivity contribution in [3.05, 3.63) is 59.1 Å². The Kier molecular flexibility index (Phi) is 3.24. The van der Waals surface area contributed by atoms with Crippen LogP contribution in [0.4, 0.5) is 0 Å². The normalized spacial score (nSPS) is 13.1. The van der Waals surface area contributed by atoms with Gasteiger partial charge >= 0.3 is 0 Å². The number of aromatic nitrogens is 4. The van der Waals surface area contributed by atoms with E-state index in [1.165, 1.54) is 11.3 Å². The summed E-state index contributed by atoms with van der Waals surface area (Å²) >= 11 is 1.49. The van der Waals surface area contributed by atoms with Crippen molar-refractivity contribution in [3.63, 3.8) is 0 Å². The first-order valence-corrected chi connectivity index (χ1v) is 8.54. The zero-order valence-electron chi connectivity index (χ0n) is 13.0. The van der Waals surface area contributed by atoms with Crippen LogP contribution >= 0.6 is 11.3 Å². The molecular formula is C18H12N4O2S. The van der Waals surface area contributed by atoms with E-state index >= 15 is 0 Å². The van der Waals surface area contributed by atoms with E-state index in [-0.39, 0.29) is 6.79 Å². The van der Waals surface area contributed by atoms with E-state index in [1.54, 1.807) is 4.52 Å². The Balaban J connectivity index is 1.51. The second kappa shape index (κ2) is 5.71. The zero-order chi connectivity index (χ0) is 16.6. The quantitative estimate of drug-likeness (QED) is 0.564. The lowest BCUT2D eigenvalue weighted by atomic mass is 10.2. The number of hydrogen-bond acceptors (Lipinski definition) is 6. The smallest absolute Gasteiger partial charge is 0.235 e. The molecule has 0 spiro atoms. The summed E-state index contributed by atoms with van der Waals surface area (Å²) < 4.78 is 12.5. The largest absolute Gasteiger partial charge is 0.454 e. The molecule has 122 valence electrons. The minimum absolute atomic E-state index is 0.249. The molecule has 0 N–H and O–H groups in total. The van der Waals surface area contributed by atoms with Crippen LogP contribution in [0.1, 0.15) is 10.6 Å². The topological polar surface area (TPSA) is 61.5 Å². The SMILES string of the molecule is C(=Cc1nn2c(-c3ccc4c(c3)OCO4)nnc2s1)c1ccccc1. The number of nitrogens with zero attached hydrogens (tertiary/aromatic N) is 4. The highest BCUT2D eigenvalue weighted by Gasteiger charge is 2.18. The molecule has 0 atom stereocenters. The molecule has 0 bridgehead atoms. The second-order valence-electron chi connectivity index (χ2n) is 5.47. The van der Waals surface area contributed by atoms with Crippen molar-refractivity contribution in [1.82, 2.24) is 19.8 Å². The minimum Gasteiger partial charge on any atom is -0.454 e. The maximum absolute atomic E-state index is 5.43. The van der Waals surface area contributed by atoms with Gasteiger partial charge in [-0.1, -0.05) is 47.7 Å². The van der Waals surface area contributed by atoms with Crippen molar-refractivity contribution < 1.29 is 9.47 Å². The Morgan fingerprint density at radius 1 is 0.960 bits per heavy atom. The van der Waals surface area contributed by atoms with Gasteiger partial charge in [-0.25, -0.2) is 0 Å². The first kappa shape index (κ1) is 14.2. The lowest BCUT2D eigenvalue weighted by Crippen LogP contribution is -1.93. The van der Waals surface area contributed by atoms with E-state index in [0.717, 1.165) is 26.8 Å². The highest BCUT2D eigenvalue weighted by molar-refractivity contribution is 7.17. The van der Waals surface area contributed by atoms with Gasteiger partial charge in [-0.3, -0.25) is 0 Å². The molecular weight excluding hydrogens is 336 g/mol. The molecule has 1 aliphatic rings. The number of ether oxygens (including phenoxy) is 2. The summed E-state index contributed by atoms with van der Waals surface area (Å²) in [6.07, 6.45) is 4.02. The third kappa shape index (κ3) is 2.54. The van der Waals surface area contributed by atoms with Gasteiger partial charge in [0.15, 0.2) is 17.3 Å². The fraction of sp³-hybridized carbons (Fsp3) is 0.0556. The Bertz CT molecular complexity index is 1090. The van der Waals surface area contributed by atoms with Crippen molar-refractivity contribution in [2.24, 2.45) is 0 Å². The molecule has 0 radical (unpaired) electrons. The third-order valence-corrected chi connectivity index (χ3v) is 4.72. The second-order valence-corrected chi connectivity index (χ2v) is 6.46. The molecule has 0 fully saturated rings. The highest BCUT2D eigenvalue weighted by Crippen LogP contribution is 2.35. The van der Waals surface area contributed by atoms with Crippen LogP contribution in [-0.4, -0.2) is 26.6 Å². The Hall–Kier alpha value is -3.19. The van der Waals surface area contributed by atoms with E-state index in [0.29, 0.717) is 11.6 Å². The Labute approximate surface area is 147 Å². The molecule has 25 heavy (non-hydrogen) atoms. The molecule has 2 aromatic carbocycles. The summed E-state index contributed by atoms with van der Waals surface area (Å²) in [7, 11) is 0.